The summed E-state index contributed by atoms with van der Waals surface area (Å²) in [4.78, 5) is 13.4. The Morgan fingerprint density at radius 2 is 1.70 bits per heavy atom. The van der Waals surface area contributed by atoms with Crippen LogP contribution in [0.25, 0.3) is 0 Å². The number of hydrogen-bond donors (Lipinski definition) is 2. The molecule has 5 heteroatoms. The fourth-order valence-corrected chi connectivity index (χ4v) is 3.08. The van der Waals surface area contributed by atoms with Gasteiger partial charge in [-0.3, -0.25) is 4.79 Å². The SMILES string of the molecule is CC(C)Sc1ccccc1C(=O)NCC(N)c1ccccc1.Cl. The largest absolute Gasteiger partial charge is 0.350 e. The topological polar surface area (TPSA) is 55.1 Å². The molecule has 1 atom stereocenters. The normalized spacial score (nSPS) is 11.7. The van der Waals surface area contributed by atoms with Gasteiger partial charge in [0, 0.05) is 22.7 Å². The highest BCUT2D eigenvalue weighted by atomic mass is 35.5. The van der Waals surface area contributed by atoms with Gasteiger partial charge >= 0.3 is 0 Å². The lowest BCUT2D eigenvalue weighted by Crippen LogP contribution is -2.32. The van der Waals surface area contributed by atoms with Crippen LogP contribution in [0.4, 0.5) is 0 Å². The average molecular weight is 351 g/mol. The van der Waals surface area contributed by atoms with Gasteiger partial charge in [-0.2, -0.15) is 0 Å². The minimum absolute atomic E-state index is 0. The molecular formula is C18H23ClN2OS. The maximum Gasteiger partial charge on any atom is 0.252 e. The zero-order chi connectivity index (χ0) is 15.9. The average Bonchev–Trinajstić information content (AvgIpc) is 2.53. The smallest absolute Gasteiger partial charge is 0.252 e. The van der Waals surface area contributed by atoms with Crippen molar-refractivity contribution in [3.63, 3.8) is 0 Å². The molecule has 1 amide bonds. The van der Waals surface area contributed by atoms with Crippen LogP contribution in [-0.4, -0.2) is 17.7 Å². The molecule has 0 saturated carbocycles. The monoisotopic (exact) mass is 350 g/mol. The first-order valence-electron chi connectivity index (χ1n) is 7.42. The highest BCUT2D eigenvalue weighted by Gasteiger charge is 2.13. The Labute approximate surface area is 148 Å². The van der Waals surface area contributed by atoms with Gasteiger partial charge in [-0.15, -0.1) is 24.2 Å². The Hall–Kier alpha value is -1.49. The van der Waals surface area contributed by atoms with Crippen molar-refractivity contribution in [1.82, 2.24) is 5.32 Å². The molecule has 2 aromatic rings. The Kier molecular flexibility index (Phi) is 8.17. The van der Waals surface area contributed by atoms with Gasteiger partial charge in [-0.05, 0) is 17.7 Å². The van der Waals surface area contributed by atoms with Crippen LogP contribution in [0.2, 0.25) is 0 Å². The molecular weight excluding hydrogens is 328 g/mol. The summed E-state index contributed by atoms with van der Waals surface area (Å²) < 4.78 is 0. The van der Waals surface area contributed by atoms with Crippen LogP contribution >= 0.6 is 24.2 Å². The lowest BCUT2D eigenvalue weighted by Gasteiger charge is -2.15. The second kappa shape index (κ2) is 9.60. The molecule has 23 heavy (non-hydrogen) atoms. The first-order valence-corrected chi connectivity index (χ1v) is 8.30. The highest BCUT2D eigenvalue weighted by molar-refractivity contribution is 8.00. The van der Waals surface area contributed by atoms with Crippen molar-refractivity contribution in [2.45, 2.75) is 30.0 Å². The van der Waals surface area contributed by atoms with Crippen molar-refractivity contribution in [2.75, 3.05) is 6.54 Å². The van der Waals surface area contributed by atoms with Gasteiger partial charge in [0.15, 0.2) is 0 Å². The predicted molar refractivity (Wildman–Crippen MR) is 100 cm³/mol. The lowest BCUT2D eigenvalue weighted by atomic mass is 10.1. The molecule has 0 bridgehead atoms. The van der Waals surface area contributed by atoms with E-state index < -0.39 is 0 Å². The van der Waals surface area contributed by atoms with E-state index in [1.807, 2.05) is 54.6 Å². The number of amides is 1. The molecule has 0 heterocycles. The number of benzene rings is 2. The molecule has 3 N–H and O–H groups in total. The van der Waals surface area contributed by atoms with Crippen LogP contribution in [0.3, 0.4) is 0 Å². The van der Waals surface area contributed by atoms with E-state index in [9.17, 15) is 4.79 Å². The van der Waals surface area contributed by atoms with E-state index in [-0.39, 0.29) is 24.4 Å². The van der Waals surface area contributed by atoms with Crippen LogP contribution in [-0.2, 0) is 0 Å². The van der Waals surface area contributed by atoms with Gasteiger partial charge in [-0.1, -0.05) is 56.3 Å². The van der Waals surface area contributed by atoms with E-state index in [1.54, 1.807) is 11.8 Å². The number of carbonyl (C=O) groups excluding carboxylic acids is 1. The quantitative estimate of drug-likeness (QED) is 0.773. The fourth-order valence-electron chi connectivity index (χ4n) is 2.13. The van der Waals surface area contributed by atoms with E-state index in [2.05, 4.69) is 19.2 Å². The minimum Gasteiger partial charge on any atom is -0.350 e. The molecule has 0 aromatic heterocycles. The van der Waals surface area contributed by atoms with Crippen molar-refractivity contribution >= 4 is 30.1 Å². The summed E-state index contributed by atoms with van der Waals surface area (Å²) in [7, 11) is 0. The number of rotatable bonds is 6. The molecule has 0 aliphatic carbocycles. The first kappa shape index (κ1) is 19.6. The first-order chi connectivity index (χ1) is 10.6. The molecule has 0 fully saturated rings. The lowest BCUT2D eigenvalue weighted by molar-refractivity contribution is 0.0948. The molecule has 124 valence electrons. The summed E-state index contributed by atoms with van der Waals surface area (Å²) >= 11 is 1.69. The van der Waals surface area contributed by atoms with Gasteiger partial charge in [0.1, 0.15) is 0 Å². The molecule has 0 spiro atoms. The van der Waals surface area contributed by atoms with Crippen molar-refractivity contribution in [1.29, 1.82) is 0 Å². The second-order valence-corrected chi connectivity index (χ2v) is 7.01. The van der Waals surface area contributed by atoms with Crippen LogP contribution in [0.15, 0.2) is 59.5 Å². The van der Waals surface area contributed by atoms with Gasteiger partial charge in [0.25, 0.3) is 5.91 Å². The molecule has 2 aromatic carbocycles. The van der Waals surface area contributed by atoms with Gasteiger partial charge in [0.2, 0.25) is 0 Å². The zero-order valence-corrected chi connectivity index (χ0v) is 15.0. The van der Waals surface area contributed by atoms with Crippen molar-refractivity contribution < 1.29 is 4.79 Å². The summed E-state index contributed by atoms with van der Waals surface area (Å²) in [6.45, 7) is 4.65. The van der Waals surface area contributed by atoms with E-state index in [1.165, 1.54) is 0 Å². The number of nitrogens with one attached hydrogen (secondary N) is 1. The van der Waals surface area contributed by atoms with Crippen molar-refractivity contribution in [3.8, 4) is 0 Å². The number of hydrogen-bond acceptors (Lipinski definition) is 3. The third-order valence-electron chi connectivity index (χ3n) is 3.20. The maximum absolute atomic E-state index is 12.4. The van der Waals surface area contributed by atoms with Crippen LogP contribution in [0.1, 0.15) is 35.8 Å². The Balaban J connectivity index is 0.00000264. The predicted octanol–water partition coefficient (Wildman–Crippen LogP) is 4.04. The fraction of sp³-hybridized carbons (Fsp3) is 0.278. The molecule has 0 saturated heterocycles. The van der Waals surface area contributed by atoms with Crippen LogP contribution in [0.5, 0.6) is 0 Å². The molecule has 0 radical (unpaired) electrons. The molecule has 0 aliphatic heterocycles. The maximum atomic E-state index is 12.4. The Morgan fingerprint density at radius 3 is 2.35 bits per heavy atom. The molecule has 3 nitrogen and oxygen atoms in total. The third-order valence-corrected chi connectivity index (χ3v) is 4.29. The van der Waals surface area contributed by atoms with Crippen molar-refractivity contribution in [2.24, 2.45) is 5.73 Å². The van der Waals surface area contributed by atoms with E-state index in [0.717, 1.165) is 10.5 Å². The molecule has 2 rings (SSSR count). The zero-order valence-electron chi connectivity index (χ0n) is 13.4. The summed E-state index contributed by atoms with van der Waals surface area (Å²) in [5.74, 6) is -0.0740. The van der Waals surface area contributed by atoms with E-state index in [0.29, 0.717) is 17.4 Å². The number of halogens is 1. The summed E-state index contributed by atoms with van der Waals surface area (Å²) in [6, 6.07) is 17.3. The van der Waals surface area contributed by atoms with Gasteiger partial charge in [-0.25, -0.2) is 0 Å². The van der Waals surface area contributed by atoms with Crippen LogP contribution in [0, 0.1) is 0 Å². The second-order valence-electron chi connectivity index (χ2n) is 5.39. The Morgan fingerprint density at radius 1 is 1.09 bits per heavy atom. The van der Waals surface area contributed by atoms with E-state index in [4.69, 9.17) is 5.73 Å². The Bertz CT molecular complexity index is 619. The van der Waals surface area contributed by atoms with Crippen LogP contribution < -0.4 is 11.1 Å². The van der Waals surface area contributed by atoms with E-state index >= 15 is 0 Å². The third kappa shape index (κ3) is 5.90. The summed E-state index contributed by atoms with van der Waals surface area (Å²) in [6.07, 6.45) is 0. The number of nitrogens with two attached hydrogens (primary N) is 1. The molecule has 1 unspecified atom stereocenters. The minimum atomic E-state index is -0.199. The number of carbonyl (C=O) groups is 1. The van der Waals surface area contributed by atoms with Gasteiger partial charge < -0.3 is 11.1 Å². The molecule has 0 aliphatic rings. The highest BCUT2D eigenvalue weighted by Crippen LogP contribution is 2.26. The standard InChI is InChI=1S/C18H22N2OS.ClH/c1-13(2)22-17-11-7-6-10-15(17)18(21)20-12-16(19)14-8-4-3-5-9-14;/h3-11,13,16H,12,19H2,1-2H3,(H,20,21);1H. The van der Waals surface area contributed by atoms with Gasteiger partial charge in [0.05, 0.1) is 5.56 Å². The summed E-state index contributed by atoms with van der Waals surface area (Å²) in [5.41, 5.74) is 7.85. The number of thioether (sulfide) groups is 1. The van der Waals surface area contributed by atoms with Crippen molar-refractivity contribution in [3.05, 3.63) is 65.7 Å². The summed E-state index contributed by atoms with van der Waals surface area (Å²) in [5, 5.41) is 3.36.